The summed E-state index contributed by atoms with van der Waals surface area (Å²) in [6, 6.07) is 7.46. The SMILES string of the molecule is [CH2]OC(=O)Nc1ccc(SC)cc1. The van der Waals surface area contributed by atoms with Gasteiger partial charge in [-0.25, -0.2) is 4.79 Å². The summed E-state index contributed by atoms with van der Waals surface area (Å²) < 4.78 is 4.21. The number of benzene rings is 1. The predicted molar refractivity (Wildman–Crippen MR) is 53.7 cm³/mol. The van der Waals surface area contributed by atoms with Gasteiger partial charge in [0.2, 0.25) is 0 Å². The number of carbonyl (C=O) groups is 1. The minimum Gasteiger partial charge on any atom is -0.446 e. The van der Waals surface area contributed by atoms with E-state index < -0.39 is 6.09 Å². The summed E-state index contributed by atoms with van der Waals surface area (Å²) >= 11 is 1.65. The van der Waals surface area contributed by atoms with Gasteiger partial charge >= 0.3 is 6.09 Å². The Morgan fingerprint density at radius 3 is 2.54 bits per heavy atom. The summed E-state index contributed by atoms with van der Waals surface area (Å²) in [4.78, 5) is 11.9. The van der Waals surface area contributed by atoms with Crippen molar-refractivity contribution >= 4 is 23.5 Å². The van der Waals surface area contributed by atoms with Crippen molar-refractivity contribution in [2.45, 2.75) is 4.90 Å². The van der Waals surface area contributed by atoms with Crippen LogP contribution in [-0.2, 0) is 4.74 Å². The second-order valence-corrected chi connectivity index (χ2v) is 3.16. The third-order valence-electron chi connectivity index (χ3n) is 1.47. The van der Waals surface area contributed by atoms with Crippen molar-refractivity contribution in [3.63, 3.8) is 0 Å². The third kappa shape index (κ3) is 2.99. The van der Waals surface area contributed by atoms with Gasteiger partial charge in [0.05, 0.1) is 0 Å². The van der Waals surface area contributed by atoms with Gasteiger partial charge in [-0.3, -0.25) is 5.32 Å². The lowest BCUT2D eigenvalue weighted by atomic mass is 10.3. The number of nitrogens with one attached hydrogen (secondary N) is 1. The molecule has 0 aliphatic carbocycles. The second-order valence-electron chi connectivity index (χ2n) is 2.29. The van der Waals surface area contributed by atoms with Crippen molar-refractivity contribution < 1.29 is 9.53 Å². The van der Waals surface area contributed by atoms with E-state index in [1.165, 1.54) is 0 Å². The molecule has 0 atom stereocenters. The molecule has 1 rings (SSSR count). The van der Waals surface area contributed by atoms with E-state index in [0.717, 1.165) is 4.90 Å². The summed E-state index contributed by atoms with van der Waals surface area (Å²) in [6.45, 7) is 0. The summed E-state index contributed by atoms with van der Waals surface area (Å²) in [5.74, 6) is 0. The van der Waals surface area contributed by atoms with Crippen LogP contribution in [0.3, 0.4) is 0 Å². The molecule has 1 aromatic rings. The predicted octanol–water partition coefficient (Wildman–Crippen LogP) is 2.75. The number of rotatable bonds is 2. The van der Waals surface area contributed by atoms with Gasteiger partial charge in [0.25, 0.3) is 0 Å². The molecule has 1 amide bonds. The highest BCUT2D eigenvalue weighted by molar-refractivity contribution is 7.98. The van der Waals surface area contributed by atoms with Gasteiger partial charge in [0.1, 0.15) is 7.11 Å². The van der Waals surface area contributed by atoms with Crippen LogP contribution in [0.1, 0.15) is 0 Å². The van der Waals surface area contributed by atoms with Crippen molar-refractivity contribution in [1.29, 1.82) is 0 Å². The van der Waals surface area contributed by atoms with E-state index in [-0.39, 0.29) is 0 Å². The number of amides is 1. The summed E-state index contributed by atoms with van der Waals surface area (Å²) in [5, 5.41) is 2.51. The van der Waals surface area contributed by atoms with Crippen LogP contribution in [0.5, 0.6) is 0 Å². The molecule has 0 aliphatic rings. The van der Waals surface area contributed by atoms with E-state index in [4.69, 9.17) is 0 Å². The Hall–Kier alpha value is -1.16. The number of carbonyl (C=O) groups excluding carboxylic acids is 1. The fourth-order valence-electron chi connectivity index (χ4n) is 0.828. The Labute approximate surface area is 81.5 Å². The zero-order valence-electron chi connectivity index (χ0n) is 7.24. The zero-order chi connectivity index (χ0) is 9.68. The van der Waals surface area contributed by atoms with Crippen molar-refractivity contribution in [2.75, 3.05) is 11.6 Å². The maximum atomic E-state index is 10.7. The molecular formula is C9H10NO2S. The second kappa shape index (κ2) is 4.77. The smallest absolute Gasteiger partial charge is 0.411 e. The molecular weight excluding hydrogens is 186 g/mol. The first-order chi connectivity index (χ1) is 6.26. The number of hydrogen-bond acceptors (Lipinski definition) is 3. The molecule has 4 heteroatoms. The highest BCUT2D eigenvalue weighted by atomic mass is 32.2. The van der Waals surface area contributed by atoms with Gasteiger partial charge in [0.15, 0.2) is 0 Å². The first kappa shape index (κ1) is 9.92. The van der Waals surface area contributed by atoms with Gasteiger partial charge in [-0.1, -0.05) is 0 Å². The quantitative estimate of drug-likeness (QED) is 0.739. The maximum absolute atomic E-state index is 10.7. The molecule has 3 nitrogen and oxygen atoms in total. The molecule has 0 heterocycles. The fraction of sp³-hybridized carbons (Fsp3) is 0.111. The Kier molecular flexibility index (Phi) is 3.64. The first-order valence-electron chi connectivity index (χ1n) is 3.63. The van der Waals surface area contributed by atoms with Crippen molar-refractivity contribution in [3.8, 4) is 0 Å². The fourth-order valence-corrected chi connectivity index (χ4v) is 1.24. The van der Waals surface area contributed by atoms with Gasteiger partial charge in [-0.15, -0.1) is 11.8 Å². The lowest BCUT2D eigenvalue weighted by Crippen LogP contribution is -2.09. The van der Waals surface area contributed by atoms with Crippen LogP contribution in [0.4, 0.5) is 10.5 Å². The Morgan fingerprint density at radius 2 is 2.08 bits per heavy atom. The van der Waals surface area contributed by atoms with Crippen LogP contribution >= 0.6 is 11.8 Å². The van der Waals surface area contributed by atoms with E-state index in [1.54, 1.807) is 11.8 Å². The maximum Gasteiger partial charge on any atom is 0.411 e. The molecule has 0 unspecified atom stereocenters. The highest BCUT2D eigenvalue weighted by Gasteiger charge is 1.99. The van der Waals surface area contributed by atoms with Gasteiger partial charge in [-0.05, 0) is 30.5 Å². The Morgan fingerprint density at radius 1 is 1.46 bits per heavy atom. The average molecular weight is 196 g/mol. The van der Waals surface area contributed by atoms with Crippen molar-refractivity contribution in [3.05, 3.63) is 31.4 Å². The molecule has 69 valence electrons. The van der Waals surface area contributed by atoms with E-state index in [9.17, 15) is 4.79 Å². The monoisotopic (exact) mass is 196 g/mol. The van der Waals surface area contributed by atoms with Crippen LogP contribution in [0.2, 0.25) is 0 Å². The van der Waals surface area contributed by atoms with Crippen LogP contribution in [-0.4, -0.2) is 12.3 Å². The molecule has 0 bridgehead atoms. The van der Waals surface area contributed by atoms with Crippen LogP contribution in [0.15, 0.2) is 29.2 Å². The summed E-state index contributed by atoms with van der Waals surface area (Å²) in [6.07, 6.45) is 1.43. The minimum absolute atomic E-state index is 0.558. The minimum atomic E-state index is -0.558. The van der Waals surface area contributed by atoms with Crippen molar-refractivity contribution in [1.82, 2.24) is 0 Å². The number of ether oxygens (including phenoxy) is 1. The zero-order valence-corrected chi connectivity index (χ0v) is 8.06. The van der Waals surface area contributed by atoms with Gasteiger partial charge < -0.3 is 4.74 Å². The normalized spacial score (nSPS) is 9.38. The van der Waals surface area contributed by atoms with Gasteiger partial charge in [-0.2, -0.15) is 0 Å². The van der Waals surface area contributed by atoms with Crippen LogP contribution in [0.25, 0.3) is 0 Å². The standard InChI is InChI=1S/C9H10NO2S/c1-12-9(11)10-7-3-5-8(13-2)6-4-7/h3-6H,1H2,2H3,(H,10,11). The van der Waals surface area contributed by atoms with E-state index in [1.807, 2.05) is 30.5 Å². The van der Waals surface area contributed by atoms with E-state index in [0.29, 0.717) is 5.69 Å². The van der Waals surface area contributed by atoms with Gasteiger partial charge in [0, 0.05) is 10.6 Å². The average Bonchev–Trinajstić information content (AvgIpc) is 2.19. The Balaban J connectivity index is 2.64. The van der Waals surface area contributed by atoms with E-state index >= 15 is 0 Å². The molecule has 1 aromatic carbocycles. The summed E-state index contributed by atoms with van der Waals surface area (Å²) in [7, 11) is 3.00. The lowest BCUT2D eigenvalue weighted by Gasteiger charge is -2.03. The van der Waals surface area contributed by atoms with Crippen LogP contribution < -0.4 is 5.32 Å². The first-order valence-corrected chi connectivity index (χ1v) is 4.86. The molecule has 0 saturated heterocycles. The molecule has 1 radical (unpaired) electrons. The Bertz CT molecular complexity index is 284. The molecule has 0 fully saturated rings. The summed E-state index contributed by atoms with van der Waals surface area (Å²) in [5.41, 5.74) is 0.700. The number of anilines is 1. The largest absolute Gasteiger partial charge is 0.446 e. The lowest BCUT2D eigenvalue weighted by molar-refractivity contribution is 0.199. The molecule has 1 N–H and O–H groups in total. The number of thioether (sulfide) groups is 1. The third-order valence-corrected chi connectivity index (χ3v) is 2.21. The molecule has 0 spiro atoms. The van der Waals surface area contributed by atoms with Crippen molar-refractivity contribution in [2.24, 2.45) is 0 Å². The highest BCUT2D eigenvalue weighted by Crippen LogP contribution is 2.17. The molecule has 0 aromatic heterocycles. The number of hydrogen-bond donors (Lipinski definition) is 1. The van der Waals surface area contributed by atoms with Crippen LogP contribution in [0, 0.1) is 7.11 Å². The molecule has 13 heavy (non-hydrogen) atoms. The van der Waals surface area contributed by atoms with E-state index in [2.05, 4.69) is 17.2 Å². The topological polar surface area (TPSA) is 38.3 Å². The molecule has 0 saturated carbocycles. The molecule has 0 aliphatic heterocycles.